The summed E-state index contributed by atoms with van der Waals surface area (Å²) in [6, 6.07) is 0. The molecule has 4 saturated carbocycles. The van der Waals surface area contributed by atoms with Crippen molar-refractivity contribution in [3.8, 4) is 0 Å². The molecule has 166 valence electrons. The van der Waals surface area contributed by atoms with Crippen LogP contribution < -0.4 is 0 Å². The molecule has 9 atom stereocenters. The quantitative estimate of drug-likeness (QED) is 0.541. The van der Waals surface area contributed by atoms with Crippen molar-refractivity contribution in [3.05, 3.63) is 11.6 Å². The third kappa shape index (κ3) is 2.62. The van der Waals surface area contributed by atoms with E-state index >= 15 is 0 Å². The second kappa shape index (κ2) is 6.80. The van der Waals surface area contributed by atoms with Gasteiger partial charge < -0.3 is 19.7 Å². The lowest BCUT2D eigenvalue weighted by atomic mass is 9.43. The number of carbonyl (C=O) groups excluding carboxylic acids is 2. The standard InChI is InChI=1S/C24H34O6/c1-22-7-5-16(26)10-15(22)3-4-18-17(22)6-8-23(2)21(14-9-20(27)29-12-14)19(30-13-25)11-24(18,23)28/h9,13,15-19,21,26,28H,3-8,10-12H2,1-2H3/t15-,16+,17-,18+,19+,21+,22+,23-,24+/m1/s1. The van der Waals surface area contributed by atoms with Crippen LogP contribution in [0.4, 0.5) is 0 Å². The fourth-order valence-corrected chi connectivity index (χ4v) is 8.63. The highest BCUT2D eigenvalue weighted by molar-refractivity contribution is 5.85. The van der Waals surface area contributed by atoms with Crippen molar-refractivity contribution < 1.29 is 29.3 Å². The van der Waals surface area contributed by atoms with Crippen LogP contribution in [0.1, 0.15) is 65.2 Å². The first-order valence-corrected chi connectivity index (χ1v) is 11.6. The van der Waals surface area contributed by atoms with Crippen LogP contribution in [0.25, 0.3) is 0 Å². The van der Waals surface area contributed by atoms with E-state index in [0.29, 0.717) is 24.7 Å². The van der Waals surface area contributed by atoms with Gasteiger partial charge in [-0.15, -0.1) is 0 Å². The molecule has 0 spiro atoms. The molecule has 0 aromatic carbocycles. The van der Waals surface area contributed by atoms with Gasteiger partial charge in [0.25, 0.3) is 6.47 Å². The van der Waals surface area contributed by atoms with Gasteiger partial charge in [-0.3, -0.25) is 4.79 Å². The zero-order valence-electron chi connectivity index (χ0n) is 18.0. The van der Waals surface area contributed by atoms with E-state index in [0.717, 1.165) is 50.5 Å². The van der Waals surface area contributed by atoms with Gasteiger partial charge in [-0.05, 0) is 73.7 Å². The predicted octanol–water partition coefficient (Wildman–Crippen LogP) is 2.76. The molecule has 0 bridgehead atoms. The lowest BCUT2D eigenvalue weighted by molar-refractivity contribution is -0.208. The second-order valence-corrected chi connectivity index (χ2v) is 11.1. The largest absolute Gasteiger partial charge is 0.464 e. The molecule has 1 heterocycles. The summed E-state index contributed by atoms with van der Waals surface area (Å²) < 4.78 is 10.7. The van der Waals surface area contributed by atoms with Crippen LogP contribution >= 0.6 is 0 Å². The Morgan fingerprint density at radius 3 is 2.67 bits per heavy atom. The maximum absolute atomic E-state index is 12.3. The van der Waals surface area contributed by atoms with E-state index in [1.807, 2.05) is 0 Å². The van der Waals surface area contributed by atoms with E-state index in [1.165, 1.54) is 6.08 Å². The summed E-state index contributed by atoms with van der Waals surface area (Å²) in [6.45, 7) is 5.22. The topological polar surface area (TPSA) is 93.1 Å². The normalized spacial score (nSPS) is 52.5. The van der Waals surface area contributed by atoms with E-state index < -0.39 is 17.1 Å². The van der Waals surface area contributed by atoms with Crippen molar-refractivity contribution in [1.29, 1.82) is 0 Å². The molecule has 0 saturated heterocycles. The Morgan fingerprint density at radius 1 is 1.17 bits per heavy atom. The van der Waals surface area contributed by atoms with Crippen molar-refractivity contribution in [2.75, 3.05) is 6.61 Å². The van der Waals surface area contributed by atoms with Crippen LogP contribution in [0.2, 0.25) is 0 Å². The summed E-state index contributed by atoms with van der Waals surface area (Å²) in [4.78, 5) is 23.1. The zero-order chi connectivity index (χ0) is 21.3. The molecule has 0 aromatic rings. The maximum atomic E-state index is 12.3. The van der Waals surface area contributed by atoms with Gasteiger partial charge in [-0.2, -0.15) is 0 Å². The van der Waals surface area contributed by atoms with Crippen molar-refractivity contribution >= 4 is 12.4 Å². The summed E-state index contributed by atoms with van der Waals surface area (Å²) in [5.74, 6) is 0.524. The molecule has 0 amide bonds. The number of aliphatic hydroxyl groups is 2. The number of cyclic esters (lactones) is 1. The molecule has 0 unspecified atom stereocenters. The van der Waals surface area contributed by atoms with Crippen LogP contribution in [0, 0.1) is 34.5 Å². The van der Waals surface area contributed by atoms with Crippen molar-refractivity contribution in [1.82, 2.24) is 0 Å². The van der Waals surface area contributed by atoms with Crippen molar-refractivity contribution in [2.45, 2.75) is 83.0 Å². The van der Waals surface area contributed by atoms with Gasteiger partial charge in [-0.25, -0.2) is 4.79 Å². The SMILES string of the molecule is C[C@]12CC[C@H](O)C[C@H]1CC[C@H]1[C@H]2CC[C@]2(C)[C@@H](C3=CC(=O)OC3)[C@@H](OC=O)C[C@]12O. The molecule has 4 fully saturated rings. The van der Waals surface area contributed by atoms with Gasteiger partial charge in [-0.1, -0.05) is 13.8 Å². The highest BCUT2D eigenvalue weighted by atomic mass is 16.5. The van der Waals surface area contributed by atoms with Crippen LogP contribution in [-0.2, 0) is 19.1 Å². The number of esters is 1. The van der Waals surface area contributed by atoms with Crippen LogP contribution in [0.15, 0.2) is 11.6 Å². The van der Waals surface area contributed by atoms with E-state index in [9.17, 15) is 19.8 Å². The molecule has 6 nitrogen and oxygen atoms in total. The lowest BCUT2D eigenvalue weighted by Gasteiger charge is -2.63. The highest BCUT2D eigenvalue weighted by Gasteiger charge is 2.70. The zero-order valence-corrected chi connectivity index (χ0v) is 18.0. The van der Waals surface area contributed by atoms with Crippen molar-refractivity contribution in [2.24, 2.45) is 34.5 Å². The Bertz CT molecular complexity index is 778. The van der Waals surface area contributed by atoms with E-state index in [-0.39, 0.29) is 35.9 Å². The second-order valence-electron chi connectivity index (χ2n) is 11.1. The predicted molar refractivity (Wildman–Crippen MR) is 108 cm³/mol. The molecule has 1 aliphatic heterocycles. The van der Waals surface area contributed by atoms with E-state index in [4.69, 9.17) is 9.47 Å². The highest BCUT2D eigenvalue weighted by Crippen LogP contribution is 2.70. The third-order valence-electron chi connectivity index (χ3n) is 10.1. The first kappa shape index (κ1) is 20.5. The van der Waals surface area contributed by atoms with E-state index in [2.05, 4.69) is 13.8 Å². The van der Waals surface area contributed by atoms with Crippen LogP contribution in [-0.4, -0.2) is 47.1 Å². The average Bonchev–Trinajstić information content (AvgIpc) is 3.20. The van der Waals surface area contributed by atoms with Crippen LogP contribution in [0.3, 0.4) is 0 Å². The minimum absolute atomic E-state index is 0.143. The fourth-order valence-electron chi connectivity index (χ4n) is 8.63. The van der Waals surface area contributed by atoms with E-state index in [1.54, 1.807) is 0 Å². The third-order valence-corrected chi connectivity index (χ3v) is 10.1. The molecule has 5 rings (SSSR count). The summed E-state index contributed by atoms with van der Waals surface area (Å²) in [5.41, 5.74) is -0.405. The summed E-state index contributed by atoms with van der Waals surface area (Å²) >= 11 is 0. The number of carbonyl (C=O) groups is 2. The first-order valence-electron chi connectivity index (χ1n) is 11.6. The monoisotopic (exact) mass is 418 g/mol. The minimum Gasteiger partial charge on any atom is -0.464 e. The van der Waals surface area contributed by atoms with Gasteiger partial charge in [0.05, 0.1) is 11.7 Å². The molecular weight excluding hydrogens is 384 g/mol. The molecule has 2 N–H and O–H groups in total. The molecule has 0 aromatic heterocycles. The summed E-state index contributed by atoms with van der Waals surface area (Å²) in [7, 11) is 0. The number of hydrogen-bond donors (Lipinski definition) is 2. The fraction of sp³-hybridized carbons (Fsp3) is 0.833. The number of aliphatic hydroxyl groups excluding tert-OH is 1. The van der Waals surface area contributed by atoms with Crippen molar-refractivity contribution in [3.63, 3.8) is 0 Å². The molecule has 5 aliphatic rings. The molecule has 4 aliphatic carbocycles. The lowest BCUT2D eigenvalue weighted by Crippen LogP contribution is -2.62. The summed E-state index contributed by atoms with van der Waals surface area (Å²) in [6.07, 6.45) is 7.90. The Hall–Kier alpha value is -1.40. The number of rotatable bonds is 3. The summed E-state index contributed by atoms with van der Waals surface area (Å²) in [5, 5.41) is 22.5. The molecule has 30 heavy (non-hydrogen) atoms. The number of hydrogen-bond acceptors (Lipinski definition) is 6. The minimum atomic E-state index is -0.940. The Balaban J connectivity index is 1.52. The molecule has 6 heteroatoms. The Kier molecular flexibility index (Phi) is 4.64. The van der Waals surface area contributed by atoms with Gasteiger partial charge in [0.1, 0.15) is 12.7 Å². The Morgan fingerprint density at radius 2 is 1.97 bits per heavy atom. The Labute approximate surface area is 178 Å². The van der Waals surface area contributed by atoms with Gasteiger partial charge in [0.2, 0.25) is 0 Å². The molecule has 0 radical (unpaired) electrons. The van der Waals surface area contributed by atoms with Gasteiger partial charge >= 0.3 is 5.97 Å². The molecular formula is C24H34O6. The van der Waals surface area contributed by atoms with Gasteiger partial charge in [0.15, 0.2) is 0 Å². The first-order chi connectivity index (χ1) is 14.2. The van der Waals surface area contributed by atoms with Gasteiger partial charge in [0, 0.05) is 23.8 Å². The maximum Gasteiger partial charge on any atom is 0.331 e. The van der Waals surface area contributed by atoms with Crippen LogP contribution in [0.5, 0.6) is 0 Å². The average molecular weight is 419 g/mol. The smallest absolute Gasteiger partial charge is 0.331 e. The number of ether oxygens (including phenoxy) is 2. The number of fused-ring (bicyclic) bond motifs is 5.